The summed E-state index contributed by atoms with van der Waals surface area (Å²) in [6.07, 6.45) is 0.408. The highest BCUT2D eigenvalue weighted by Gasteiger charge is 2.15. The standard InChI is InChI=1S/C16H12N2O4/c17-8-10-2-1-3-11(6-10)12-7-14(20)16(18-9-12)13(19)4-5-15(21)22/h1-3,6-7,9,20H,4-5H2,(H,21,22)/i1D,3D,6D. The maximum Gasteiger partial charge on any atom is 0.303 e. The Kier molecular flexibility index (Phi) is 3.39. The predicted octanol–water partition coefficient (Wildman–Crippen LogP) is 2.37. The Hall–Kier alpha value is -3.20. The highest BCUT2D eigenvalue weighted by molar-refractivity contribution is 5.98. The third-order valence-electron chi connectivity index (χ3n) is 2.78. The van der Waals surface area contributed by atoms with Gasteiger partial charge in [0.1, 0.15) is 11.4 Å². The lowest BCUT2D eigenvalue weighted by molar-refractivity contribution is -0.136. The van der Waals surface area contributed by atoms with Crippen molar-refractivity contribution in [1.82, 2.24) is 4.98 Å². The van der Waals surface area contributed by atoms with Gasteiger partial charge in [0.15, 0.2) is 5.78 Å². The molecule has 2 aromatic rings. The van der Waals surface area contributed by atoms with Crippen LogP contribution in [-0.4, -0.2) is 26.9 Å². The molecule has 0 fully saturated rings. The van der Waals surface area contributed by atoms with E-state index in [1.165, 1.54) is 0 Å². The molecule has 2 N–H and O–H groups in total. The number of rotatable bonds is 5. The fraction of sp³-hybridized carbons (Fsp3) is 0.125. The van der Waals surface area contributed by atoms with Crippen LogP contribution in [0.1, 0.15) is 33.0 Å². The van der Waals surface area contributed by atoms with Gasteiger partial charge in [-0.1, -0.05) is 12.1 Å². The molecule has 0 spiro atoms. The maximum absolute atomic E-state index is 11.9. The Labute approximate surface area is 130 Å². The van der Waals surface area contributed by atoms with Gasteiger partial charge in [0, 0.05) is 18.2 Å². The molecular formula is C16H12N2O4. The van der Waals surface area contributed by atoms with Gasteiger partial charge in [-0.05, 0) is 23.7 Å². The molecule has 110 valence electrons. The Morgan fingerprint density at radius 3 is 2.77 bits per heavy atom. The van der Waals surface area contributed by atoms with Crippen molar-refractivity contribution in [2.45, 2.75) is 12.8 Å². The molecule has 0 aliphatic heterocycles. The number of benzene rings is 1. The number of aromatic hydroxyl groups is 1. The van der Waals surface area contributed by atoms with Gasteiger partial charge in [-0.25, -0.2) is 4.98 Å². The lowest BCUT2D eigenvalue weighted by Gasteiger charge is -2.06. The van der Waals surface area contributed by atoms with E-state index in [9.17, 15) is 14.7 Å². The van der Waals surface area contributed by atoms with Crippen LogP contribution < -0.4 is 0 Å². The normalized spacial score (nSPS) is 11.9. The van der Waals surface area contributed by atoms with Gasteiger partial charge >= 0.3 is 5.97 Å². The van der Waals surface area contributed by atoms with Crippen molar-refractivity contribution in [3.05, 3.63) is 47.7 Å². The van der Waals surface area contributed by atoms with Crippen LogP contribution in [0.15, 0.2) is 36.5 Å². The number of carbonyl (C=O) groups is 2. The first-order valence-electron chi connectivity index (χ1n) is 7.71. The second kappa shape index (κ2) is 6.50. The SMILES string of the molecule is [2H]c1cc(C#N)c([2H])c(-c2cnc(C(=O)CCC(=O)O)c(O)c2)c1[2H]. The van der Waals surface area contributed by atoms with E-state index in [1.807, 2.05) is 0 Å². The van der Waals surface area contributed by atoms with E-state index in [-0.39, 0.29) is 46.9 Å². The molecule has 22 heavy (non-hydrogen) atoms. The van der Waals surface area contributed by atoms with Crippen molar-refractivity contribution in [3.63, 3.8) is 0 Å². The molecule has 0 atom stereocenters. The third-order valence-corrected chi connectivity index (χ3v) is 2.78. The number of aliphatic carboxylic acids is 1. The first-order chi connectivity index (χ1) is 11.8. The number of nitrogens with zero attached hydrogens (tertiary/aromatic N) is 2. The summed E-state index contributed by atoms with van der Waals surface area (Å²) in [4.78, 5) is 26.2. The number of carboxylic acids is 1. The van der Waals surface area contributed by atoms with E-state index >= 15 is 0 Å². The van der Waals surface area contributed by atoms with Crippen molar-refractivity contribution in [2.24, 2.45) is 0 Å². The van der Waals surface area contributed by atoms with Gasteiger partial charge in [0.25, 0.3) is 0 Å². The fourth-order valence-corrected chi connectivity index (χ4v) is 1.73. The molecule has 2 rings (SSSR count). The van der Waals surface area contributed by atoms with E-state index in [0.29, 0.717) is 0 Å². The van der Waals surface area contributed by atoms with Crippen LogP contribution in [0.4, 0.5) is 0 Å². The highest BCUT2D eigenvalue weighted by atomic mass is 16.4. The smallest absolute Gasteiger partial charge is 0.303 e. The lowest BCUT2D eigenvalue weighted by Crippen LogP contribution is -2.06. The van der Waals surface area contributed by atoms with Crippen molar-refractivity contribution >= 4 is 11.8 Å². The molecule has 0 saturated heterocycles. The fourth-order valence-electron chi connectivity index (χ4n) is 1.73. The highest BCUT2D eigenvalue weighted by Crippen LogP contribution is 2.26. The monoisotopic (exact) mass is 299 g/mol. The summed E-state index contributed by atoms with van der Waals surface area (Å²) in [5.74, 6) is -2.34. The lowest BCUT2D eigenvalue weighted by atomic mass is 10.0. The second-order valence-electron chi connectivity index (χ2n) is 4.35. The summed E-state index contributed by atoms with van der Waals surface area (Å²) in [7, 11) is 0. The largest absolute Gasteiger partial charge is 0.506 e. The molecule has 0 saturated carbocycles. The summed E-state index contributed by atoms with van der Waals surface area (Å²) < 4.78 is 23.6. The van der Waals surface area contributed by atoms with E-state index in [1.54, 1.807) is 6.07 Å². The number of hydrogen-bond acceptors (Lipinski definition) is 5. The molecule has 1 heterocycles. The number of aromatic nitrogens is 1. The molecule has 0 radical (unpaired) electrons. The van der Waals surface area contributed by atoms with Gasteiger partial charge in [0.2, 0.25) is 0 Å². The molecule has 0 unspecified atom stereocenters. The zero-order valence-corrected chi connectivity index (χ0v) is 11.3. The van der Waals surface area contributed by atoms with Gasteiger partial charge in [-0.3, -0.25) is 9.59 Å². The number of carboxylic acid groups (broad SMARTS) is 1. The number of nitriles is 1. The van der Waals surface area contributed by atoms with E-state index in [0.717, 1.165) is 18.3 Å². The summed E-state index contributed by atoms with van der Waals surface area (Å²) in [6, 6.07) is 3.11. The number of Topliss-reactive ketones (excluding diaryl/α,β-unsaturated/α-hetero) is 1. The minimum Gasteiger partial charge on any atom is -0.506 e. The number of hydrogen-bond donors (Lipinski definition) is 2. The summed E-state index contributed by atoms with van der Waals surface area (Å²) in [5.41, 5.74) is -0.369. The predicted molar refractivity (Wildman–Crippen MR) is 77.3 cm³/mol. The molecule has 0 aliphatic carbocycles. The van der Waals surface area contributed by atoms with Gasteiger partial charge in [-0.15, -0.1) is 0 Å². The summed E-state index contributed by atoms with van der Waals surface area (Å²) in [5, 5.41) is 27.6. The Balaban J connectivity index is 2.49. The second-order valence-corrected chi connectivity index (χ2v) is 4.35. The first kappa shape index (κ1) is 11.5. The Morgan fingerprint density at radius 1 is 1.36 bits per heavy atom. The zero-order chi connectivity index (χ0) is 18.7. The minimum absolute atomic E-state index is 0.0589. The molecule has 1 aromatic carbocycles. The molecule has 0 amide bonds. The van der Waals surface area contributed by atoms with E-state index in [2.05, 4.69) is 4.98 Å². The molecule has 1 aromatic heterocycles. The molecule has 6 nitrogen and oxygen atoms in total. The van der Waals surface area contributed by atoms with Crippen LogP contribution in [0.5, 0.6) is 5.75 Å². The first-order valence-corrected chi connectivity index (χ1v) is 6.21. The average Bonchev–Trinajstić information content (AvgIpc) is 2.56. The van der Waals surface area contributed by atoms with Crippen LogP contribution in [-0.2, 0) is 4.79 Å². The van der Waals surface area contributed by atoms with Crippen LogP contribution in [0.2, 0.25) is 0 Å². The number of pyridine rings is 1. The van der Waals surface area contributed by atoms with Crippen molar-refractivity contribution in [3.8, 4) is 22.9 Å². The van der Waals surface area contributed by atoms with Gasteiger partial charge < -0.3 is 10.2 Å². The Morgan fingerprint density at radius 2 is 2.14 bits per heavy atom. The number of ketones is 1. The summed E-state index contributed by atoms with van der Waals surface area (Å²) >= 11 is 0. The average molecular weight is 299 g/mol. The molecular weight excluding hydrogens is 284 g/mol. The van der Waals surface area contributed by atoms with E-state index < -0.39 is 23.9 Å². The third kappa shape index (κ3) is 3.46. The Bertz CT molecular complexity index is 923. The molecule has 0 aliphatic rings. The van der Waals surface area contributed by atoms with Gasteiger partial charge in [0.05, 0.1) is 22.2 Å². The quantitative estimate of drug-likeness (QED) is 0.820. The molecule has 0 bridgehead atoms. The maximum atomic E-state index is 11.9. The van der Waals surface area contributed by atoms with Crippen molar-refractivity contribution in [2.75, 3.05) is 0 Å². The zero-order valence-electron chi connectivity index (χ0n) is 14.3. The minimum atomic E-state index is -1.15. The van der Waals surface area contributed by atoms with Crippen LogP contribution in [0, 0.1) is 11.3 Å². The summed E-state index contributed by atoms with van der Waals surface area (Å²) in [6.45, 7) is 0. The molecule has 6 heteroatoms. The van der Waals surface area contributed by atoms with Crippen LogP contribution in [0.25, 0.3) is 11.1 Å². The number of carbonyl (C=O) groups excluding carboxylic acids is 1. The van der Waals surface area contributed by atoms with Crippen molar-refractivity contribution < 1.29 is 23.9 Å². The topological polar surface area (TPSA) is 111 Å². The van der Waals surface area contributed by atoms with Crippen LogP contribution in [0.3, 0.4) is 0 Å². The van der Waals surface area contributed by atoms with Crippen LogP contribution >= 0.6 is 0 Å². The van der Waals surface area contributed by atoms with Gasteiger partial charge in [-0.2, -0.15) is 5.26 Å². The van der Waals surface area contributed by atoms with E-state index in [4.69, 9.17) is 14.5 Å². The van der Waals surface area contributed by atoms with Crippen molar-refractivity contribution in [1.29, 1.82) is 5.26 Å².